The maximum Gasteiger partial charge on any atom is 0.328 e. The normalized spacial score (nSPS) is 13.5. The van der Waals surface area contributed by atoms with Crippen molar-refractivity contribution in [3.05, 3.63) is 42.0 Å². The van der Waals surface area contributed by atoms with Crippen molar-refractivity contribution in [2.75, 3.05) is 14.2 Å². The zero-order valence-electron chi connectivity index (χ0n) is 17.9. The Hall–Kier alpha value is -3.62. The van der Waals surface area contributed by atoms with Gasteiger partial charge in [0.2, 0.25) is 17.7 Å². The van der Waals surface area contributed by atoms with Gasteiger partial charge in [-0.25, -0.2) is 4.79 Å². The van der Waals surface area contributed by atoms with Crippen molar-refractivity contribution in [2.45, 2.75) is 38.3 Å². The first-order valence-electron chi connectivity index (χ1n) is 9.70. The zero-order chi connectivity index (χ0) is 23.1. The number of hydrogen-bond acceptors (Lipinski definition) is 6. The van der Waals surface area contributed by atoms with Crippen molar-refractivity contribution in [3.8, 4) is 5.75 Å². The van der Waals surface area contributed by atoms with Crippen LogP contribution in [0.5, 0.6) is 5.75 Å². The standard InChI is InChI=1S/C22H27N3O6/c1-12(14-5-6-16-10-17(30-3)8-7-15(16)9-14)20(27)25-18(11-19(23)26)21(28)24-13(2)22(29)31-4/h5-10,12-13,18H,11H2,1-4H3,(H2,23,26)(H,24,28)(H,25,27)/t12?,13-,18+/m0/s1. The van der Waals surface area contributed by atoms with Gasteiger partial charge < -0.3 is 25.8 Å². The molecule has 166 valence electrons. The molecular weight excluding hydrogens is 402 g/mol. The molecule has 0 spiro atoms. The Bertz CT molecular complexity index is 990. The van der Waals surface area contributed by atoms with Gasteiger partial charge in [-0.15, -0.1) is 0 Å². The zero-order valence-corrected chi connectivity index (χ0v) is 17.9. The van der Waals surface area contributed by atoms with E-state index in [0.717, 1.165) is 22.1 Å². The highest BCUT2D eigenvalue weighted by atomic mass is 16.5. The van der Waals surface area contributed by atoms with E-state index < -0.39 is 48.1 Å². The van der Waals surface area contributed by atoms with E-state index in [9.17, 15) is 19.2 Å². The molecule has 0 aliphatic carbocycles. The number of rotatable bonds is 9. The summed E-state index contributed by atoms with van der Waals surface area (Å²) in [6.07, 6.45) is -0.407. The lowest BCUT2D eigenvalue weighted by atomic mass is 9.96. The van der Waals surface area contributed by atoms with Crippen LogP contribution in [0.15, 0.2) is 36.4 Å². The number of nitrogens with two attached hydrogens (primary N) is 1. The lowest BCUT2D eigenvalue weighted by Gasteiger charge is -2.21. The largest absolute Gasteiger partial charge is 0.497 e. The van der Waals surface area contributed by atoms with Gasteiger partial charge in [-0.3, -0.25) is 14.4 Å². The molecule has 0 aliphatic heterocycles. The number of amides is 3. The van der Waals surface area contributed by atoms with Gasteiger partial charge in [0.25, 0.3) is 0 Å². The van der Waals surface area contributed by atoms with Crippen LogP contribution in [0.4, 0.5) is 0 Å². The van der Waals surface area contributed by atoms with Gasteiger partial charge in [0, 0.05) is 0 Å². The summed E-state index contributed by atoms with van der Waals surface area (Å²) >= 11 is 0. The fourth-order valence-electron chi connectivity index (χ4n) is 3.05. The first kappa shape index (κ1) is 23.7. The predicted molar refractivity (Wildman–Crippen MR) is 114 cm³/mol. The third-order valence-corrected chi connectivity index (χ3v) is 4.92. The molecule has 0 heterocycles. The van der Waals surface area contributed by atoms with Crippen molar-refractivity contribution in [3.63, 3.8) is 0 Å². The van der Waals surface area contributed by atoms with Gasteiger partial charge in [0.15, 0.2) is 0 Å². The minimum atomic E-state index is -1.22. The Labute approximate surface area is 180 Å². The topological polar surface area (TPSA) is 137 Å². The van der Waals surface area contributed by atoms with E-state index >= 15 is 0 Å². The third kappa shape index (κ3) is 6.18. The lowest BCUT2D eigenvalue weighted by molar-refractivity contribution is -0.144. The van der Waals surface area contributed by atoms with Crippen LogP contribution in [-0.2, 0) is 23.9 Å². The molecular formula is C22H27N3O6. The molecule has 0 aromatic heterocycles. The molecule has 2 aromatic rings. The highest BCUT2D eigenvalue weighted by molar-refractivity contribution is 5.95. The summed E-state index contributed by atoms with van der Waals surface area (Å²) in [6.45, 7) is 3.12. The summed E-state index contributed by atoms with van der Waals surface area (Å²) in [5, 5.41) is 6.84. The highest BCUT2D eigenvalue weighted by Crippen LogP contribution is 2.25. The van der Waals surface area contributed by atoms with E-state index in [-0.39, 0.29) is 0 Å². The van der Waals surface area contributed by atoms with Crippen LogP contribution in [-0.4, -0.2) is 50.0 Å². The summed E-state index contributed by atoms with van der Waals surface area (Å²) in [5.41, 5.74) is 5.96. The molecule has 9 nitrogen and oxygen atoms in total. The number of primary amides is 1. The molecule has 2 rings (SSSR count). The molecule has 0 aliphatic rings. The summed E-state index contributed by atoms with van der Waals surface area (Å²) < 4.78 is 9.78. The van der Waals surface area contributed by atoms with Crippen molar-refractivity contribution in [1.29, 1.82) is 0 Å². The maximum absolute atomic E-state index is 12.8. The molecule has 0 saturated carbocycles. The monoisotopic (exact) mass is 429 g/mol. The SMILES string of the molecule is COC(=O)[C@H](C)NC(=O)[C@@H](CC(N)=O)NC(=O)C(C)c1ccc2cc(OC)ccc2c1. The fourth-order valence-corrected chi connectivity index (χ4v) is 3.05. The molecule has 0 radical (unpaired) electrons. The molecule has 0 saturated heterocycles. The number of ether oxygens (including phenoxy) is 2. The van der Waals surface area contributed by atoms with Crippen molar-refractivity contribution in [2.24, 2.45) is 5.73 Å². The van der Waals surface area contributed by atoms with Crippen LogP contribution in [0.1, 0.15) is 31.7 Å². The number of esters is 1. The minimum Gasteiger partial charge on any atom is -0.497 e. The number of carbonyl (C=O) groups is 4. The van der Waals surface area contributed by atoms with Gasteiger partial charge >= 0.3 is 5.97 Å². The summed E-state index contributed by atoms with van der Waals surface area (Å²) in [5.74, 6) is -2.46. The second kappa shape index (κ2) is 10.4. The quantitative estimate of drug-likeness (QED) is 0.509. The van der Waals surface area contributed by atoms with Gasteiger partial charge in [0.1, 0.15) is 17.8 Å². The first-order chi connectivity index (χ1) is 14.7. The number of methoxy groups -OCH3 is 2. The van der Waals surface area contributed by atoms with E-state index in [2.05, 4.69) is 15.4 Å². The highest BCUT2D eigenvalue weighted by Gasteiger charge is 2.28. The Morgan fingerprint density at radius 3 is 2.19 bits per heavy atom. The van der Waals surface area contributed by atoms with Crippen molar-refractivity contribution >= 4 is 34.5 Å². The van der Waals surface area contributed by atoms with E-state index in [4.69, 9.17) is 10.5 Å². The number of benzene rings is 2. The van der Waals surface area contributed by atoms with Gasteiger partial charge in [-0.05, 0) is 42.3 Å². The van der Waals surface area contributed by atoms with Crippen molar-refractivity contribution in [1.82, 2.24) is 10.6 Å². The predicted octanol–water partition coefficient (Wildman–Crippen LogP) is 0.990. The fraction of sp³-hybridized carbons (Fsp3) is 0.364. The molecule has 3 amide bonds. The van der Waals surface area contributed by atoms with Crippen LogP contribution >= 0.6 is 0 Å². The molecule has 0 bridgehead atoms. The number of hydrogen-bond donors (Lipinski definition) is 3. The molecule has 31 heavy (non-hydrogen) atoms. The van der Waals surface area contributed by atoms with Crippen LogP contribution in [0, 0.1) is 0 Å². The van der Waals surface area contributed by atoms with Crippen LogP contribution < -0.4 is 21.1 Å². The van der Waals surface area contributed by atoms with Crippen molar-refractivity contribution < 1.29 is 28.7 Å². The molecule has 3 atom stereocenters. The summed E-state index contributed by atoms with van der Waals surface area (Å²) in [4.78, 5) is 48.2. The number of fused-ring (bicyclic) bond motifs is 1. The Kier molecular flexibility index (Phi) is 7.95. The molecule has 4 N–H and O–H groups in total. The minimum absolute atomic E-state index is 0.407. The number of nitrogens with one attached hydrogen (secondary N) is 2. The Morgan fingerprint density at radius 1 is 0.935 bits per heavy atom. The molecule has 9 heteroatoms. The van der Waals surface area contributed by atoms with Crippen LogP contribution in [0.3, 0.4) is 0 Å². The van der Waals surface area contributed by atoms with E-state index in [1.54, 1.807) is 14.0 Å². The van der Waals surface area contributed by atoms with E-state index in [1.165, 1.54) is 14.0 Å². The maximum atomic E-state index is 12.8. The smallest absolute Gasteiger partial charge is 0.328 e. The first-order valence-corrected chi connectivity index (χ1v) is 9.70. The third-order valence-electron chi connectivity index (χ3n) is 4.92. The summed E-state index contributed by atoms with van der Waals surface area (Å²) in [6, 6.07) is 9.01. The summed E-state index contributed by atoms with van der Waals surface area (Å²) in [7, 11) is 2.78. The second-order valence-electron chi connectivity index (χ2n) is 7.18. The average Bonchev–Trinajstić information content (AvgIpc) is 2.76. The second-order valence-corrected chi connectivity index (χ2v) is 7.18. The Morgan fingerprint density at radius 2 is 1.58 bits per heavy atom. The molecule has 1 unspecified atom stereocenters. The Balaban J connectivity index is 2.16. The van der Waals surface area contributed by atoms with Crippen LogP contribution in [0.25, 0.3) is 10.8 Å². The molecule has 2 aromatic carbocycles. The lowest BCUT2D eigenvalue weighted by Crippen LogP contribution is -2.52. The average molecular weight is 429 g/mol. The van der Waals surface area contributed by atoms with Crippen LogP contribution in [0.2, 0.25) is 0 Å². The van der Waals surface area contributed by atoms with E-state index in [1.807, 2.05) is 36.4 Å². The number of carbonyl (C=O) groups excluding carboxylic acids is 4. The van der Waals surface area contributed by atoms with E-state index in [0.29, 0.717) is 0 Å². The van der Waals surface area contributed by atoms with Gasteiger partial charge in [-0.2, -0.15) is 0 Å². The van der Waals surface area contributed by atoms with Gasteiger partial charge in [-0.1, -0.05) is 24.3 Å². The van der Waals surface area contributed by atoms with Gasteiger partial charge in [0.05, 0.1) is 26.6 Å². The molecule has 0 fully saturated rings.